The predicted molar refractivity (Wildman–Crippen MR) is 80.2 cm³/mol. The van der Waals surface area contributed by atoms with Gasteiger partial charge in [0.2, 0.25) is 0 Å². The lowest BCUT2D eigenvalue weighted by molar-refractivity contribution is -0.122. The molecule has 1 amide bonds. The number of carbonyl (C=O) groups excluding carboxylic acids is 1. The molecule has 1 N–H and O–H groups in total. The van der Waals surface area contributed by atoms with Crippen LogP contribution in [-0.4, -0.2) is 21.6 Å². The van der Waals surface area contributed by atoms with Gasteiger partial charge >= 0.3 is 0 Å². The van der Waals surface area contributed by atoms with Crippen LogP contribution < -0.4 is 10.1 Å². The maximum Gasteiger partial charge on any atom is 0.266 e. The number of nitrogens with one attached hydrogen (secondary N) is 1. The minimum atomic E-state index is -0.926. The van der Waals surface area contributed by atoms with Gasteiger partial charge in [0.25, 0.3) is 5.91 Å². The highest BCUT2D eigenvalue weighted by Gasteiger charge is 2.20. The Hall–Kier alpha value is -2.44. The molecule has 0 saturated carbocycles. The molecule has 0 radical (unpaired) electrons. The number of halogens is 2. The fraction of sp³-hybridized carbons (Fsp3) is 0.375. The number of benzene rings is 1. The number of imidazole rings is 1. The zero-order valence-electron chi connectivity index (χ0n) is 12.7. The second-order valence-corrected chi connectivity index (χ2v) is 5.49. The van der Waals surface area contributed by atoms with E-state index in [1.54, 1.807) is 6.20 Å². The van der Waals surface area contributed by atoms with Gasteiger partial charge in [-0.15, -0.1) is 0 Å². The number of rotatable bonds is 4. The quantitative estimate of drug-likeness (QED) is 0.942. The van der Waals surface area contributed by atoms with Crippen molar-refractivity contribution >= 4 is 11.7 Å². The summed E-state index contributed by atoms with van der Waals surface area (Å²) in [6, 6.07) is 2.96. The Morgan fingerprint density at radius 2 is 2.22 bits per heavy atom. The molecular formula is C16H17F2N3O2. The Balaban J connectivity index is 1.67. The Labute approximate surface area is 132 Å². The van der Waals surface area contributed by atoms with Crippen LogP contribution in [0.3, 0.4) is 0 Å². The number of aryl methyl sites for hydroxylation is 1. The highest BCUT2D eigenvalue weighted by Crippen LogP contribution is 2.21. The number of aromatic nitrogens is 2. The predicted octanol–water partition coefficient (Wildman–Crippen LogP) is 2.90. The first-order valence-electron chi connectivity index (χ1n) is 7.51. The molecule has 1 aliphatic heterocycles. The summed E-state index contributed by atoms with van der Waals surface area (Å²) in [5, 5.41) is 2.74. The van der Waals surface area contributed by atoms with Crippen molar-refractivity contribution in [2.45, 2.75) is 38.8 Å². The topological polar surface area (TPSA) is 56.1 Å². The number of ether oxygens (including phenoxy) is 1. The first-order valence-corrected chi connectivity index (χ1v) is 7.51. The van der Waals surface area contributed by atoms with Gasteiger partial charge in [-0.25, -0.2) is 13.8 Å². The largest absolute Gasteiger partial charge is 0.478 e. The molecule has 7 heteroatoms. The van der Waals surface area contributed by atoms with E-state index in [9.17, 15) is 13.6 Å². The number of fused-ring (bicyclic) bond motifs is 1. The maximum atomic E-state index is 13.6. The highest BCUT2D eigenvalue weighted by atomic mass is 19.1. The van der Waals surface area contributed by atoms with Crippen molar-refractivity contribution < 1.29 is 18.3 Å². The molecule has 0 bridgehead atoms. The molecule has 1 aliphatic rings. The Kier molecular flexibility index (Phi) is 4.27. The summed E-state index contributed by atoms with van der Waals surface area (Å²) < 4.78 is 33.7. The average Bonchev–Trinajstić information content (AvgIpc) is 2.93. The molecule has 5 nitrogen and oxygen atoms in total. The lowest BCUT2D eigenvalue weighted by Gasteiger charge is -2.18. The number of hydrogen-bond donors (Lipinski definition) is 1. The number of anilines is 1. The summed E-state index contributed by atoms with van der Waals surface area (Å²) in [6.07, 6.45) is 3.71. The van der Waals surface area contributed by atoms with Crippen LogP contribution in [0.5, 0.6) is 5.75 Å². The number of carbonyl (C=O) groups is 1. The summed E-state index contributed by atoms with van der Waals surface area (Å²) in [5.41, 5.74) is 0. The van der Waals surface area contributed by atoms with Crippen molar-refractivity contribution in [3.63, 3.8) is 0 Å². The molecule has 0 unspecified atom stereocenters. The second kappa shape index (κ2) is 6.36. The monoisotopic (exact) mass is 321 g/mol. The van der Waals surface area contributed by atoms with Crippen molar-refractivity contribution in [3.05, 3.63) is 41.9 Å². The molecule has 1 atom stereocenters. The third-order valence-electron chi connectivity index (χ3n) is 3.79. The van der Waals surface area contributed by atoms with Crippen LogP contribution in [0.25, 0.3) is 0 Å². The zero-order chi connectivity index (χ0) is 16.4. The van der Waals surface area contributed by atoms with Gasteiger partial charge in [-0.1, -0.05) is 0 Å². The molecule has 3 rings (SSSR count). The van der Waals surface area contributed by atoms with E-state index in [4.69, 9.17) is 4.74 Å². The van der Waals surface area contributed by atoms with Crippen molar-refractivity contribution in [1.29, 1.82) is 0 Å². The fourth-order valence-corrected chi connectivity index (χ4v) is 2.56. The van der Waals surface area contributed by atoms with Gasteiger partial charge in [-0.3, -0.25) is 4.79 Å². The van der Waals surface area contributed by atoms with Crippen LogP contribution >= 0.6 is 0 Å². The Bertz CT molecular complexity index is 730. The molecular weight excluding hydrogens is 304 g/mol. The summed E-state index contributed by atoms with van der Waals surface area (Å²) in [6.45, 7) is 2.32. The molecule has 0 aliphatic carbocycles. The van der Waals surface area contributed by atoms with Crippen molar-refractivity contribution in [3.8, 4) is 5.75 Å². The molecule has 0 fully saturated rings. The molecule has 2 heterocycles. The molecule has 0 saturated heterocycles. The van der Waals surface area contributed by atoms with E-state index in [-0.39, 0.29) is 5.75 Å². The van der Waals surface area contributed by atoms with Gasteiger partial charge < -0.3 is 14.6 Å². The van der Waals surface area contributed by atoms with Crippen LogP contribution in [-0.2, 0) is 17.8 Å². The van der Waals surface area contributed by atoms with Crippen molar-refractivity contribution in [2.24, 2.45) is 0 Å². The molecule has 0 spiro atoms. The molecule has 122 valence electrons. The van der Waals surface area contributed by atoms with Gasteiger partial charge in [0.15, 0.2) is 17.7 Å². The Morgan fingerprint density at radius 3 is 3.00 bits per heavy atom. The van der Waals surface area contributed by atoms with E-state index < -0.39 is 23.6 Å². The molecule has 23 heavy (non-hydrogen) atoms. The van der Waals surface area contributed by atoms with Crippen LogP contribution in [0.2, 0.25) is 0 Å². The summed E-state index contributed by atoms with van der Waals surface area (Å²) >= 11 is 0. The maximum absolute atomic E-state index is 13.6. The number of hydrogen-bond acceptors (Lipinski definition) is 3. The third-order valence-corrected chi connectivity index (χ3v) is 3.79. The van der Waals surface area contributed by atoms with E-state index in [1.807, 2.05) is 4.57 Å². The SMILES string of the molecule is C[C@@H](Oc1ccc(F)cc1F)C(=O)Nc1cnc2n1CCCC2. The minimum Gasteiger partial charge on any atom is -0.478 e. The van der Waals surface area contributed by atoms with Crippen LogP contribution in [0.15, 0.2) is 24.4 Å². The van der Waals surface area contributed by atoms with Gasteiger partial charge in [0, 0.05) is 19.0 Å². The van der Waals surface area contributed by atoms with Crippen molar-refractivity contribution in [1.82, 2.24) is 9.55 Å². The van der Waals surface area contributed by atoms with E-state index in [0.29, 0.717) is 11.9 Å². The number of amides is 1. The fourth-order valence-electron chi connectivity index (χ4n) is 2.56. The summed E-state index contributed by atoms with van der Waals surface area (Å²) in [4.78, 5) is 16.5. The van der Waals surface area contributed by atoms with Gasteiger partial charge in [-0.05, 0) is 31.9 Å². The van der Waals surface area contributed by atoms with Crippen LogP contribution in [0.4, 0.5) is 14.6 Å². The lowest BCUT2D eigenvalue weighted by atomic mass is 10.2. The van der Waals surface area contributed by atoms with E-state index in [2.05, 4.69) is 10.3 Å². The first kappa shape index (κ1) is 15.5. The van der Waals surface area contributed by atoms with Crippen LogP contribution in [0.1, 0.15) is 25.6 Å². The first-order chi connectivity index (χ1) is 11.0. The van der Waals surface area contributed by atoms with E-state index in [1.165, 1.54) is 6.92 Å². The molecule has 2 aromatic rings. The smallest absolute Gasteiger partial charge is 0.266 e. The standard InChI is InChI=1S/C16H17F2N3O2/c1-10(23-13-6-5-11(17)8-12(13)18)16(22)20-15-9-19-14-4-2-3-7-21(14)15/h5-6,8-10H,2-4,7H2,1H3,(H,20,22)/t10-/m1/s1. The number of nitrogens with zero attached hydrogens (tertiary/aromatic N) is 2. The Morgan fingerprint density at radius 1 is 1.39 bits per heavy atom. The van der Waals surface area contributed by atoms with Gasteiger partial charge in [-0.2, -0.15) is 0 Å². The molecule has 1 aromatic carbocycles. The molecule has 1 aromatic heterocycles. The zero-order valence-corrected chi connectivity index (χ0v) is 12.7. The van der Waals surface area contributed by atoms with Gasteiger partial charge in [0.05, 0.1) is 6.20 Å². The second-order valence-electron chi connectivity index (χ2n) is 5.49. The average molecular weight is 321 g/mol. The highest BCUT2D eigenvalue weighted by molar-refractivity contribution is 5.93. The third kappa shape index (κ3) is 3.33. The van der Waals surface area contributed by atoms with Gasteiger partial charge in [0.1, 0.15) is 17.5 Å². The summed E-state index contributed by atoms with van der Waals surface area (Å²) in [5.74, 6) is -0.556. The van der Waals surface area contributed by atoms with Crippen LogP contribution in [0, 0.1) is 11.6 Å². The van der Waals surface area contributed by atoms with E-state index in [0.717, 1.165) is 43.8 Å². The minimum absolute atomic E-state index is 0.163. The van der Waals surface area contributed by atoms with Crippen molar-refractivity contribution in [2.75, 3.05) is 5.32 Å². The van der Waals surface area contributed by atoms with E-state index >= 15 is 0 Å². The lowest BCUT2D eigenvalue weighted by Crippen LogP contribution is -2.31. The summed E-state index contributed by atoms with van der Waals surface area (Å²) in [7, 11) is 0. The normalized spacial score (nSPS) is 14.9.